The van der Waals surface area contributed by atoms with E-state index in [1.807, 2.05) is 0 Å². The Balaban J connectivity index is 2.59. The molecule has 0 heterocycles. The van der Waals surface area contributed by atoms with E-state index in [2.05, 4.69) is 0 Å². The van der Waals surface area contributed by atoms with E-state index < -0.39 is 20.0 Å². The molecule has 0 unspecified atom stereocenters. The molecular weight excluding hydrogens is 296 g/mol. The van der Waals surface area contributed by atoms with Crippen molar-refractivity contribution >= 4 is 30.2 Å². The summed E-state index contributed by atoms with van der Waals surface area (Å²) in [7, 11) is 0. The van der Waals surface area contributed by atoms with E-state index in [0.29, 0.717) is 20.8 Å². The molecule has 90 valence electrons. The van der Waals surface area contributed by atoms with Crippen molar-refractivity contribution in [2.75, 3.05) is 0 Å². The van der Waals surface area contributed by atoms with Gasteiger partial charge in [-0.05, 0) is 0 Å². The van der Waals surface area contributed by atoms with Crippen molar-refractivity contribution in [1.82, 2.24) is 0 Å². The maximum absolute atomic E-state index is 12.4. The van der Waals surface area contributed by atoms with Gasteiger partial charge >= 0.3 is 102 Å². The van der Waals surface area contributed by atoms with Gasteiger partial charge in [-0.2, -0.15) is 0 Å². The molecule has 0 amide bonds. The Bertz CT molecular complexity index is 537. The molecule has 2 aromatic carbocycles. The summed E-state index contributed by atoms with van der Waals surface area (Å²) in [6.07, 6.45) is 0. The molecule has 1 N–H and O–H groups in total. The summed E-state index contributed by atoms with van der Waals surface area (Å²) in [5.41, 5.74) is 0.655. The second-order valence-corrected chi connectivity index (χ2v) is 5.80. The predicted octanol–water partition coefficient (Wildman–Crippen LogP) is 2.18. The first-order chi connectivity index (χ1) is 8.01. The van der Waals surface area contributed by atoms with Crippen molar-refractivity contribution in [3.05, 3.63) is 42.0 Å². The molecule has 2 aromatic rings. The number of benzene rings is 2. The standard InChI is InChI=1S/C12H9F3OSe/c13-12(14,15)17-11-6-5-8(7-16)9-3-1-2-4-10(9)11/h1-6,16H,7H2. The van der Waals surface area contributed by atoms with Crippen LogP contribution in [-0.4, -0.2) is 25.1 Å². The van der Waals surface area contributed by atoms with Crippen LogP contribution in [-0.2, 0) is 6.61 Å². The SMILES string of the molecule is OCc1ccc([Se]C(F)(F)F)c2ccccc12. The maximum atomic E-state index is 12.4. The van der Waals surface area contributed by atoms with Gasteiger partial charge in [0.1, 0.15) is 0 Å². The Labute approximate surface area is 102 Å². The van der Waals surface area contributed by atoms with Crippen LogP contribution in [0.25, 0.3) is 10.8 Å². The Morgan fingerprint density at radius 3 is 2.24 bits per heavy atom. The molecule has 0 saturated carbocycles. The normalized spacial score (nSPS) is 12.0. The van der Waals surface area contributed by atoms with Crippen LogP contribution in [0.1, 0.15) is 5.56 Å². The molecule has 0 radical (unpaired) electrons. The first-order valence-corrected chi connectivity index (χ1v) is 6.60. The first kappa shape index (κ1) is 12.4. The van der Waals surface area contributed by atoms with Crippen LogP contribution in [0.15, 0.2) is 36.4 Å². The van der Waals surface area contributed by atoms with Gasteiger partial charge in [0, 0.05) is 0 Å². The monoisotopic (exact) mass is 306 g/mol. The van der Waals surface area contributed by atoms with Crippen molar-refractivity contribution in [2.24, 2.45) is 0 Å². The van der Waals surface area contributed by atoms with Gasteiger partial charge < -0.3 is 0 Å². The van der Waals surface area contributed by atoms with E-state index in [9.17, 15) is 13.2 Å². The van der Waals surface area contributed by atoms with Crippen molar-refractivity contribution in [3.63, 3.8) is 0 Å². The number of rotatable bonds is 2. The summed E-state index contributed by atoms with van der Waals surface area (Å²) in [5, 5.41) is 6.26. The van der Waals surface area contributed by atoms with E-state index in [4.69, 9.17) is 5.11 Å². The molecule has 1 nitrogen and oxygen atoms in total. The fraction of sp³-hybridized carbons (Fsp3) is 0.167. The van der Waals surface area contributed by atoms with Crippen molar-refractivity contribution in [1.29, 1.82) is 0 Å². The number of halogens is 3. The van der Waals surface area contributed by atoms with Gasteiger partial charge in [0.25, 0.3) is 0 Å². The topological polar surface area (TPSA) is 20.2 Å². The minimum absolute atomic E-state index is 0.167. The Morgan fingerprint density at radius 1 is 1.00 bits per heavy atom. The van der Waals surface area contributed by atoms with E-state index in [0.717, 1.165) is 0 Å². The fourth-order valence-corrected chi connectivity index (χ4v) is 3.10. The third-order valence-corrected chi connectivity index (χ3v) is 4.06. The summed E-state index contributed by atoms with van der Waals surface area (Å²) in [5.74, 6) is 0. The molecule has 0 bridgehead atoms. The van der Waals surface area contributed by atoms with Crippen LogP contribution in [0, 0.1) is 0 Å². The molecule has 2 rings (SSSR count). The van der Waals surface area contributed by atoms with Gasteiger partial charge in [-0.25, -0.2) is 0 Å². The number of alkyl halides is 3. The van der Waals surface area contributed by atoms with Gasteiger partial charge in [0.2, 0.25) is 0 Å². The molecule has 0 spiro atoms. The van der Waals surface area contributed by atoms with Gasteiger partial charge in [-0.15, -0.1) is 0 Å². The molecule has 0 aromatic heterocycles. The zero-order valence-electron chi connectivity index (χ0n) is 8.66. The van der Waals surface area contributed by atoms with E-state index in [1.54, 1.807) is 30.3 Å². The molecule has 0 aliphatic heterocycles. The second-order valence-electron chi connectivity index (χ2n) is 3.47. The van der Waals surface area contributed by atoms with Crippen LogP contribution >= 0.6 is 0 Å². The van der Waals surface area contributed by atoms with Crippen molar-refractivity contribution < 1.29 is 18.3 Å². The average molecular weight is 305 g/mol. The zero-order valence-corrected chi connectivity index (χ0v) is 10.4. The van der Waals surface area contributed by atoms with E-state index in [1.165, 1.54) is 6.07 Å². The second kappa shape index (κ2) is 4.69. The Morgan fingerprint density at radius 2 is 1.65 bits per heavy atom. The summed E-state index contributed by atoms with van der Waals surface area (Å²) >= 11 is -1.55. The first-order valence-electron chi connectivity index (χ1n) is 4.88. The molecule has 0 aliphatic rings. The molecular formula is C12H9F3OSe. The van der Waals surface area contributed by atoms with E-state index >= 15 is 0 Å². The Kier molecular flexibility index (Phi) is 3.43. The molecule has 0 aliphatic carbocycles. The van der Waals surface area contributed by atoms with E-state index in [-0.39, 0.29) is 6.61 Å². The van der Waals surface area contributed by atoms with Crippen LogP contribution in [0.5, 0.6) is 0 Å². The van der Waals surface area contributed by atoms with Crippen molar-refractivity contribution in [2.45, 2.75) is 11.7 Å². The third kappa shape index (κ3) is 2.80. The van der Waals surface area contributed by atoms with Crippen LogP contribution < -0.4 is 4.46 Å². The Hall–Kier alpha value is -1.03. The molecule has 0 fully saturated rings. The zero-order chi connectivity index (χ0) is 12.5. The minimum atomic E-state index is -4.16. The predicted molar refractivity (Wildman–Crippen MR) is 61.3 cm³/mol. The molecule has 0 atom stereocenters. The fourth-order valence-electron chi connectivity index (χ4n) is 1.69. The summed E-state index contributed by atoms with van der Waals surface area (Å²) in [6, 6.07) is 9.88. The van der Waals surface area contributed by atoms with Crippen LogP contribution in [0.3, 0.4) is 0 Å². The summed E-state index contributed by atoms with van der Waals surface area (Å²) in [4.78, 5) is 0. The number of hydrogen-bond acceptors (Lipinski definition) is 1. The number of fused-ring (bicyclic) bond motifs is 1. The third-order valence-electron chi connectivity index (χ3n) is 2.37. The average Bonchev–Trinajstić information content (AvgIpc) is 2.28. The number of aliphatic hydroxyl groups is 1. The van der Waals surface area contributed by atoms with Gasteiger partial charge in [-0.1, -0.05) is 0 Å². The van der Waals surface area contributed by atoms with Gasteiger partial charge in [-0.3, -0.25) is 0 Å². The van der Waals surface area contributed by atoms with Crippen molar-refractivity contribution in [3.8, 4) is 0 Å². The molecule has 5 heteroatoms. The number of hydrogen-bond donors (Lipinski definition) is 1. The summed E-state index contributed by atoms with van der Waals surface area (Å²) < 4.78 is 37.6. The number of aliphatic hydroxyl groups excluding tert-OH is 1. The summed E-state index contributed by atoms with van der Waals surface area (Å²) in [6.45, 7) is -0.167. The van der Waals surface area contributed by atoms with Gasteiger partial charge in [0.05, 0.1) is 0 Å². The quantitative estimate of drug-likeness (QED) is 0.843. The van der Waals surface area contributed by atoms with Crippen LogP contribution in [0.2, 0.25) is 0 Å². The molecule has 0 saturated heterocycles. The molecule has 17 heavy (non-hydrogen) atoms. The van der Waals surface area contributed by atoms with Gasteiger partial charge in [0.15, 0.2) is 0 Å². The van der Waals surface area contributed by atoms with Crippen LogP contribution in [0.4, 0.5) is 13.2 Å².